The Hall–Kier alpha value is -1.54. The molecule has 0 bridgehead atoms. The van der Waals surface area contributed by atoms with Gasteiger partial charge in [0.2, 0.25) is 0 Å². The molecule has 2 radical (unpaired) electrons. The van der Waals surface area contributed by atoms with Gasteiger partial charge in [-0.2, -0.15) is 0 Å². The van der Waals surface area contributed by atoms with Crippen molar-refractivity contribution >= 4 is 8.05 Å². The molecule has 0 amide bonds. The highest BCUT2D eigenvalue weighted by Gasteiger charge is 2.12. The molecule has 2 heteroatoms. The molecular weight excluding hydrogens is 195 g/mol. The lowest BCUT2D eigenvalue weighted by molar-refractivity contribution is 0.332. The standard InChI is InChI=1S/C14H13BO/c15-16-11-14(12-7-3-1-4-8-12)13-9-5-2-6-10-13/h1-10,14H,11H2. The minimum absolute atomic E-state index is 0.201. The monoisotopic (exact) mass is 208 g/mol. The Morgan fingerprint density at radius 2 is 1.25 bits per heavy atom. The molecule has 1 nitrogen and oxygen atoms in total. The number of hydrogen-bond acceptors (Lipinski definition) is 1. The summed E-state index contributed by atoms with van der Waals surface area (Å²) in [5.74, 6) is 0.201. The largest absolute Gasteiger partial charge is 0.447 e. The molecule has 0 N–H and O–H groups in total. The van der Waals surface area contributed by atoms with Crippen LogP contribution in [0.4, 0.5) is 0 Å². The molecule has 2 rings (SSSR count). The van der Waals surface area contributed by atoms with E-state index in [1.54, 1.807) is 0 Å². The van der Waals surface area contributed by atoms with Gasteiger partial charge in [-0.05, 0) is 11.1 Å². The van der Waals surface area contributed by atoms with Gasteiger partial charge in [0, 0.05) is 12.5 Å². The predicted molar refractivity (Wildman–Crippen MR) is 66.4 cm³/mol. The Balaban J connectivity index is 2.31. The van der Waals surface area contributed by atoms with E-state index in [1.807, 2.05) is 36.4 Å². The summed E-state index contributed by atoms with van der Waals surface area (Å²) in [6.07, 6.45) is 0. The van der Waals surface area contributed by atoms with Crippen molar-refractivity contribution < 1.29 is 4.65 Å². The molecule has 0 fully saturated rings. The number of benzene rings is 2. The second-order valence-electron chi connectivity index (χ2n) is 3.71. The molecule has 0 saturated carbocycles. The first-order valence-corrected chi connectivity index (χ1v) is 5.33. The lowest BCUT2D eigenvalue weighted by atomic mass is 9.92. The van der Waals surface area contributed by atoms with Gasteiger partial charge in [0.1, 0.15) is 0 Å². The first-order chi connectivity index (χ1) is 7.92. The smallest absolute Gasteiger partial charge is 0.282 e. The van der Waals surface area contributed by atoms with Gasteiger partial charge in [0.05, 0.1) is 0 Å². The SMILES string of the molecule is [B]OCC(c1ccccc1)c1ccccc1. The third-order valence-corrected chi connectivity index (χ3v) is 2.67. The van der Waals surface area contributed by atoms with Gasteiger partial charge in [0.15, 0.2) is 0 Å². The molecule has 0 unspecified atom stereocenters. The van der Waals surface area contributed by atoms with Crippen LogP contribution >= 0.6 is 0 Å². The predicted octanol–water partition coefficient (Wildman–Crippen LogP) is 2.92. The zero-order chi connectivity index (χ0) is 11.2. The molecule has 0 spiro atoms. The second kappa shape index (κ2) is 5.52. The Labute approximate surface area is 97.5 Å². The maximum absolute atomic E-state index is 5.20. The van der Waals surface area contributed by atoms with Crippen molar-refractivity contribution in [3.05, 3.63) is 71.8 Å². The van der Waals surface area contributed by atoms with Crippen LogP contribution in [0.2, 0.25) is 0 Å². The van der Waals surface area contributed by atoms with E-state index >= 15 is 0 Å². The highest BCUT2D eigenvalue weighted by Crippen LogP contribution is 2.24. The molecule has 0 heterocycles. The Morgan fingerprint density at radius 1 is 0.812 bits per heavy atom. The van der Waals surface area contributed by atoms with Gasteiger partial charge in [0.25, 0.3) is 8.05 Å². The van der Waals surface area contributed by atoms with E-state index in [-0.39, 0.29) is 5.92 Å². The van der Waals surface area contributed by atoms with Gasteiger partial charge < -0.3 is 4.65 Å². The van der Waals surface area contributed by atoms with Crippen molar-refractivity contribution in [3.63, 3.8) is 0 Å². The van der Waals surface area contributed by atoms with E-state index in [9.17, 15) is 0 Å². The molecule has 2 aromatic carbocycles. The lowest BCUT2D eigenvalue weighted by Crippen LogP contribution is -2.08. The van der Waals surface area contributed by atoms with Crippen molar-refractivity contribution in [1.82, 2.24) is 0 Å². The molecule has 0 atom stereocenters. The molecule has 0 aromatic heterocycles. The Bertz CT molecular complexity index is 374. The minimum Gasteiger partial charge on any atom is -0.447 e. The third-order valence-electron chi connectivity index (χ3n) is 2.67. The quantitative estimate of drug-likeness (QED) is 0.702. The van der Waals surface area contributed by atoms with Crippen LogP contribution in [0.15, 0.2) is 60.7 Å². The van der Waals surface area contributed by atoms with Crippen LogP contribution in [-0.2, 0) is 4.65 Å². The summed E-state index contributed by atoms with van der Waals surface area (Å²) in [7, 11) is 5.20. The first-order valence-electron chi connectivity index (χ1n) is 5.33. The van der Waals surface area contributed by atoms with Crippen LogP contribution in [0.25, 0.3) is 0 Å². The van der Waals surface area contributed by atoms with E-state index in [4.69, 9.17) is 12.7 Å². The molecule has 0 saturated heterocycles. The maximum atomic E-state index is 5.20. The minimum atomic E-state index is 0.201. The summed E-state index contributed by atoms with van der Waals surface area (Å²) in [4.78, 5) is 0. The normalized spacial score (nSPS) is 10.6. The number of hydrogen-bond donors (Lipinski definition) is 0. The fourth-order valence-electron chi connectivity index (χ4n) is 1.85. The molecule has 2 aromatic rings. The maximum Gasteiger partial charge on any atom is 0.282 e. The molecule has 0 aliphatic rings. The summed E-state index contributed by atoms with van der Waals surface area (Å²) < 4.78 is 4.81. The van der Waals surface area contributed by atoms with Crippen LogP contribution in [0, 0.1) is 0 Å². The van der Waals surface area contributed by atoms with Crippen molar-refractivity contribution in [2.45, 2.75) is 5.92 Å². The van der Waals surface area contributed by atoms with E-state index in [2.05, 4.69) is 24.3 Å². The molecule has 0 aliphatic heterocycles. The zero-order valence-corrected chi connectivity index (χ0v) is 9.04. The average molecular weight is 208 g/mol. The number of rotatable bonds is 4. The van der Waals surface area contributed by atoms with Crippen molar-refractivity contribution in [2.24, 2.45) is 0 Å². The second-order valence-corrected chi connectivity index (χ2v) is 3.71. The van der Waals surface area contributed by atoms with Crippen LogP contribution in [-0.4, -0.2) is 14.7 Å². The summed E-state index contributed by atoms with van der Waals surface area (Å²) >= 11 is 0. The van der Waals surface area contributed by atoms with Crippen LogP contribution < -0.4 is 0 Å². The highest BCUT2D eigenvalue weighted by atomic mass is 16.4. The first kappa shape index (κ1) is 11.0. The lowest BCUT2D eigenvalue weighted by Gasteiger charge is -2.17. The fourth-order valence-corrected chi connectivity index (χ4v) is 1.85. The van der Waals surface area contributed by atoms with Crippen LogP contribution in [0.3, 0.4) is 0 Å². The van der Waals surface area contributed by atoms with E-state index in [0.29, 0.717) is 6.61 Å². The van der Waals surface area contributed by atoms with Gasteiger partial charge in [-0.3, -0.25) is 0 Å². The molecule has 78 valence electrons. The van der Waals surface area contributed by atoms with Crippen LogP contribution in [0.1, 0.15) is 17.0 Å². The van der Waals surface area contributed by atoms with Crippen molar-refractivity contribution in [2.75, 3.05) is 6.61 Å². The van der Waals surface area contributed by atoms with Crippen LogP contribution in [0.5, 0.6) is 0 Å². The average Bonchev–Trinajstić information content (AvgIpc) is 2.38. The summed E-state index contributed by atoms with van der Waals surface area (Å²) in [6.45, 7) is 0.494. The molecule has 0 aliphatic carbocycles. The topological polar surface area (TPSA) is 9.23 Å². The van der Waals surface area contributed by atoms with Crippen molar-refractivity contribution in [1.29, 1.82) is 0 Å². The van der Waals surface area contributed by atoms with E-state index < -0.39 is 0 Å². The van der Waals surface area contributed by atoms with Gasteiger partial charge >= 0.3 is 0 Å². The van der Waals surface area contributed by atoms with Gasteiger partial charge in [-0.15, -0.1) is 0 Å². The summed E-state index contributed by atoms with van der Waals surface area (Å²) in [5.41, 5.74) is 2.44. The van der Waals surface area contributed by atoms with Crippen molar-refractivity contribution in [3.8, 4) is 0 Å². The zero-order valence-electron chi connectivity index (χ0n) is 9.04. The summed E-state index contributed by atoms with van der Waals surface area (Å²) in [6, 6.07) is 20.5. The Kier molecular flexibility index (Phi) is 3.78. The van der Waals surface area contributed by atoms with E-state index in [1.165, 1.54) is 11.1 Å². The van der Waals surface area contributed by atoms with Gasteiger partial charge in [-0.25, -0.2) is 0 Å². The van der Waals surface area contributed by atoms with Gasteiger partial charge in [-0.1, -0.05) is 60.7 Å². The Morgan fingerprint density at radius 3 is 1.62 bits per heavy atom. The molecular formula is C14H13BO. The van der Waals surface area contributed by atoms with E-state index in [0.717, 1.165) is 0 Å². The third kappa shape index (κ3) is 2.53. The summed E-state index contributed by atoms with van der Waals surface area (Å²) in [5, 5.41) is 0. The fraction of sp³-hybridized carbons (Fsp3) is 0.143. The molecule has 16 heavy (non-hydrogen) atoms. The highest BCUT2D eigenvalue weighted by molar-refractivity contribution is 5.98.